The summed E-state index contributed by atoms with van der Waals surface area (Å²) in [5.41, 5.74) is 3.16. The van der Waals surface area contributed by atoms with E-state index in [1.165, 1.54) is 11.3 Å². The van der Waals surface area contributed by atoms with Crippen molar-refractivity contribution in [1.82, 2.24) is 10.2 Å². The lowest BCUT2D eigenvalue weighted by Crippen LogP contribution is -2.47. The van der Waals surface area contributed by atoms with E-state index >= 15 is 0 Å². The van der Waals surface area contributed by atoms with Gasteiger partial charge in [-0.15, -0.1) is 0 Å². The molecule has 3 rings (SSSR count). The van der Waals surface area contributed by atoms with Gasteiger partial charge in [-0.05, 0) is 50.1 Å². The van der Waals surface area contributed by atoms with Crippen molar-refractivity contribution in [3.8, 4) is 0 Å². The number of carbonyl (C=O) groups excluding carboxylic acids is 1. The topological polar surface area (TPSA) is 35.6 Å². The highest BCUT2D eigenvalue weighted by Crippen LogP contribution is 2.18. The summed E-state index contributed by atoms with van der Waals surface area (Å²) in [5.74, 6) is -0.0997. The molecule has 1 heterocycles. The van der Waals surface area contributed by atoms with Crippen molar-refractivity contribution < 1.29 is 4.79 Å². The number of benzene rings is 2. The Balaban J connectivity index is 1.42. The molecule has 144 valence electrons. The minimum absolute atomic E-state index is 0.0997. The molecule has 1 N–H and O–H groups in total. The van der Waals surface area contributed by atoms with Crippen LogP contribution >= 0.6 is 11.6 Å². The lowest BCUT2D eigenvalue weighted by atomic mass is 10.1. The molecule has 1 saturated heterocycles. The molecule has 0 aliphatic carbocycles. The summed E-state index contributed by atoms with van der Waals surface area (Å²) >= 11 is 6.10. The first-order valence-electron chi connectivity index (χ1n) is 9.62. The number of hydrogen-bond acceptors (Lipinski definition) is 3. The SMILES string of the molecule is Cc1cccc(N2CCN(CCC(C)NC(=O)c3ccccc3Cl)CC2)c1. The summed E-state index contributed by atoms with van der Waals surface area (Å²) in [5, 5.41) is 3.55. The Labute approximate surface area is 167 Å². The monoisotopic (exact) mass is 385 g/mol. The Morgan fingerprint density at radius 3 is 2.56 bits per heavy atom. The summed E-state index contributed by atoms with van der Waals surface area (Å²) < 4.78 is 0. The van der Waals surface area contributed by atoms with Crippen LogP contribution in [0.15, 0.2) is 48.5 Å². The van der Waals surface area contributed by atoms with Gasteiger partial charge < -0.3 is 10.2 Å². The van der Waals surface area contributed by atoms with E-state index in [1.54, 1.807) is 12.1 Å². The van der Waals surface area contributed by atoms with Crippen LogP contribution in [0.1, 0.15) is 29.3 Å². The van der Waals surface area contributed by atoms with Gasteiger partial charge in [-0.1, -0.05) is 35.9 Å². The van der Waals surface area contributed by atoms with Crippen LogP contribution in [-0.2, 0) is 0 Å². The third-order valence-corrected chi connectivity index (χ3v) is 5.44. The van der Waals surface area contributed by atoms with E-state index in [1.807, 2.05) is 12.1 Å². The van der Waals surface area contributed by atoms with Crippen LogP contribution in [0.25, 0.3) is 0 Å². The highest BCUT2D eigenvalue weighted by Gasteiger charge is 2.18. The molecule has 1 unspecified atom stereocenters. The van der Waals surface area contributed by atoms with Gasteiger partial charge >= 0.3 is 0 Å². The average molecular weight is 386 g/mol. The second kappa shape index (κ2) is 9.25. The normalized spacial score (nSPS) is 16.2. The van der Waals surface area contributed by atoms with Crippen molar-refractivity contribution in [2.45, 2.75) is 26.3 Å². The van der Waals surface area contributed by atoms with Crippen LogP contribution < -0.4 is 10.2 Å². The first-order valence-corrected chi connectivity index (χ1v) is 10.00. The lowest BCUT2D eigenvalue weighted by molar-refractivity contribution is 0.0935. The molecule has 27 heavy (non-hydrogen) atoms. The number of amides is 1. The molecule has 1 fully saturated rings. The average Bonchev–Trinajstić information content (AvgIpc) is 2.67. The van der Waals surface area contributed by atoms with E-state index < -0.39 is 0 Å². The molecule has 0 spiro atoms. The van der Waals surface area contributed by atoms with Crippen molar-refractivity contribution >= 4 is 23.2 Å². The first-order chi connectivity index (χ1) is 13.0. The Morgan fingerprint density at radius 2 is 1.85 bits per heavy atom. The molecule has 2 aromatic rings. The number of halogens is 1. The predicted molar refractivity (Wildman–Crippen MR) is 113 cm³/mol. The minimum atomic E-state index is -0.0997. The van der Waals surface area contributed by atoms with Gasteiger partial charge in [0.05, 0.1) is 10.6 Å². The highest BCUT2D eigenvalue weighted by molar-refractivity contribution is 6.33. The summed E-state index contributed by atoms with van der Waals surface area (Å²) in [6.07, 6.45) is 0.931. The highest BCUT2D eigenvalue weighted by atomic mass is 35.5. The largest absolute Gasteiger partial charge is 0.369 e. The fourth-order valence-corrected chi connectivity index (χ4v) is 3.67. The zero-order valence-electron chi connectivity index (χ0n) is 16.1. The third-order valence-electron chi connectivity index (χ3n) is 5.11. The van der Waals surface area contributed by atoms with Crippen molar-refractivity contribution in [2.24, 2.45) is 0 Å². The molecule has 0 aromatic heterocycles. The number of anilines is 1. The van der Waals surface area contributed by atoms with Crippen molar-refractivity contribution in [2.75, 3.05) is 37.6 Å². The van der Waals surface area contributed by atoms with Crippen molar-refractivity contribution in [3.05, 3.63) is 64.7 Å². The molecule has 4 nitrogen and oxygen atoms in total. The quantitative estimate of drug-likeness (QED) is 0.816. The van der Waals surface area contributed by atoms with Crippen molar-refractivity contribution in [3.63, 3.8) is 0 Å². The molecule has 0 bridgehead atoms. The second-order valence-corrected chi connectivity index (χ2v) is 7.72. The summed E-state index contributed by atoms with van der Waals surface area (Å²) in [7, 11) is 0. The van der Waals surface area contributed by atoms with E-state index in [2.05, 4.69) is 53.2 Å². The summed E-state index contributed by atoms with van der Waals surface area (Å²) in [4.78, 5) is 17.3. The molecule has 5 heteroatoms. The van der Waals surface area contributed by atoms with Gasteiger partial charge in [-0.25, -0.2) is 0 Å². The van der Waals surface area contributed by atoms with Gasteiger partial charge in [0.1, 0.15) is 0 Å². The second-order valence-electron chi connectivity index (χ2n) is 7.31. The van der Waals surface area contributed by atoms with E-state index in [0.29, 0.717) is 10.6 Å². The fraction of sp³-hybridized carbons (Fsp3) is 0.409. The standard InChI is InChI=1S/C22H28ClN3O/c1-17-6-5-7-19(16-17)26-14-12-25(13-15-26)11-10-18(2)24-22(27)20-8-3-4-9-21(20)23/h3-9,16,18H,10-15H2,1-2H3,(H,24,27). The Hall–Kier alpha value is -2.04. The van der Waals surface area contributed by atoms with Crippen LogP contribution in [-0.4, -0.2) is 49.6 Å². The maximum absolute atomic E-state index is 12.3. The number of nitrogens with zero attached hydrogens (tertiary/aromatic N) is 2. The molecule has 1 amide bonds. The number of nitrogens with one attached hydrogen (secondary N) is 1. The molecule has 0 saturated carbocycles. The summed E-state index contributed by atoms with van der Waals surface area (Å²) in [6.45, 7) is 9.38. The number of rotatable bonds is 6. The fourth-order valence-electron chi connectivity index (χ4n) is 3.45. The third kappa shape index (κ3) is 5.47. The van der Waals surface area contributed by atoms with Gasteiger partial charge in [0, 0.05) is 44.5 Å². The first kappa shape index (κ1) is 19.7. The molecular weight excluding hydrogens is 358 g/mol. The smallest absolute Gasteiger partial charge is 0.252 e. The van der Waals surface area contributed by atoms with Crippen molar-refractivity contribution in [1.29, 1.82) is 0 Å². The Bertz CT molecular complexity index is 772. The van der Waals surface area contributed by atoms with E-state index in [0.717, 1.165) is 39.1 Å². The number of piperazine rings is 1. The minimum Gasteiger partial charge on any atom is -0.369 e. The van der Waals surface area contributed by atoms with Gasteiger partial charge in [0.15, 0.2) is 0 Å². The maximum Gasteiger partial charge on any atom is 0.252 e. The number of hydrogen-bond donors (Lipinski definition) is 1. The molecule has 0 radical (unpaired) electrons. The molecule has 1 aliphatic rings. The van der Waals surface area contributed by atoms with Crippen LogP contribution in [0.4, 0.5) is 5.69 Å². The van der Waals surface area contributed by atoms with E-state index in [9.17, 15) is 4.79 Å². The zero-order chi connectivity index (χ0) is 19.2. The van der Waals surface area contributed by atoms with E-state index in [4.69, 9.17) is 11.6 Å². The van der Waals surface area contributed by atoms with Crippen LogP contribution in [0.5, 0.6) is 0 Å². The number of aryl methyl sites for hydroxylation is 1. The van der Waals surface area contributed by atoms with Gasteiger partial charge in [0.25, 0.3) is 5.91 Å². The van der Waals surface area contributed by atoms with Crippen LogP contribution in [0.2, 0.25) is 5.02 Å². The van der Waals surface area contributed by atoms with Crippen LogP contribution in [0, 0.1) is 6.92 Å². The zero-order valence-corrected chi connectivity index (χ0v) is 16.9. The van der Waals surface area contributed by atoms with Gasteiger partial charge in [-0.3, -0.25) is 9.69 Å². The molecule has 1 aliphatic heterocycles. The lowest BCUT2D eigenvalue weighted by Gasteiger charge is -2.36. The van der Waals surface area contributed by atoms with Crippen LogP contribution in [0.3, 0.4) is 0 Å². The number of carbonyl (C=O) groups is 1. The van der Waals surface area contributed by atoms with Gasteiger partial charge in [0.2, 0.25) is 0 Å². The Morgan fingerprint density at radius 1 is 1.11 bits per heavy atom. The van der Waals surface area contributed by atoms with E-state index in [-0.39, 0.29) is 11.9 Å². The Kier molecular flexibility index (Phi) is 6.75. The molecule has 2 aromatic carbocycles. The summed E-state index contributed by atoms with van der Waals surface area (Å²) in [6, 6.07) is 16.0. The molecular formula is C22H28ClN3O. The predicted octanol–water partition coefficient (Wildman–Crippen LogP) is 3.98. The molecule has 1 atom stereocenters. The van der Waals surface area contributed by atoms with Gasteiger partial charge in [-0.2, -0.15) is 0 Å². The maximum atomic E-state index is 12.3.